The SMILES string of the molecule is COc1cc(N=C(N)N=C(N)N)ccc1SC. The van der Waals surface area contributed by atoms with Gasteiger partial charge >= 0.3 is 0 Å². The van der Waals surface area contributed by atoms with E-state index in [1.54, 1.807) is 24.9 Å². The van der Waals surface area contributed by atoms with E-state index in [4.69, 9.17) is 21.9 Å². The number of rotatable bonds is 3. The van der Waals surface area contributed by atoms with E-state index in [-0.39, 0.29) is 11.9 Å². The predicted molar refractivity (Wildman–Crippen MR) is 71.9 cm³/mol. The van der Waals surface area contributed by atoms with Gasteiger partial charge in [0.15, 0.2) is 5.96 Å². The number of nitrogens with two attached hydrogens (primary N) is 3. The number of nitrogens with zero attached hydrogens (tertiary/aromatic N) is 2. The van der Waals surface area contributed by atoms with Gasteiger partial charge in [-0.05, 0) is 18.4 Å². The molecule has 0 aliphatic heterocycles. The van der Waals surface area contributed by atoms with Crippen molar-refractivity contribution in [1.29, 1.82) is 0 Å². The van der Waals surface area contributed by atoms with Crippen LogP contribution in [0.15, 0.2) is 33.1 Å². The van der Waals surface area contributed by atoms with Crippen molar-refractivity contribution in [1.82, 2.24) is 0 Å². The molecule has 0 atom stereocenters. The molecule has 0 fully saturated rings. The van der Waals surface area contributed by atoms with E-state index in [0.717, 1.165) is 10.6 Å². The van der Waals surface area contributed by atoms with Gasteiger partial charge in [0.25, 0.3) is 0 Å². The minimum atomic E-state index is -0.126. The molecule has 0 bridgehead atoms. The highest BCUT2D eigenvalue weighted by molar-refractivity contribution is 7.98. The van der Waals surface area contributed by atoms with Crippen molar-refractivity contribution in [3.8, 4) is 5.75 Å². The van der Waals surface area contributed by atoms with E-state index in [1.807, 2.05) is 18.4 Å². The summed E-state index contributed by atoms with van der Waals surface area (Å²) in [7, 11) is 1.60. The lowest BCUT2D eigenvalue weighted by Crippen LogP contribution is -2.26. The smallest absolute Gasteiger partial charge is 0.223 e. The summed E-state index contributed by atoms with van der Waals surface area (Å²) in [6.07, 6.45) is 1.97. The Morgan fingerprint density at radius 1 is 1.29 bits per heavy atom. The van der Waals surface area contributed by atoms with Crippen molar-refractivity contribution >= 4 is 29.4 Å². The summed E-state index contributed by atoms with van der Waals surface area (Å²) in [6, 6.07) is 5.47. The Hall–Kier alpha value is -1.89. The molecule has 17 heavy (non-hydrogen) atoms. The van der Waals surface area contributed by atoms with Crippen LogP contribution in [0.25, 0.3) is 0 Å². The van der Waals surface area contributed by atoms with E-state index in [9.17, 15) is 0 Å². The average molecular weight is 253 g/mol. The van der Waals surface area contributed by atoms with E-state index >= 15 is 0 Å². The summed E-state index contributed by atoms with van der Waals surface area (Å²) in [5.41, 5.74) is 16.5. The molecule has 0 saturated carbocycles. The topological polar surface area (TPSA) is 112 Å². The van der Waals surface area contributed by atoms with Crippen molar-refractivity contribution < 1.29 is 4.74 Å². The summed E-state index contributed by atoms with van der Waals surface area (Å²) in [4.78, 5) is 8.69. The lowest BCUT2D eigenvalue weighted by Gasteiger charge is -2.06. The summed E-state index contributed by atoms with van der Waals surface area (Å²) in [6.45, 7) is 0. The lowest BCUT2D eigenvalue weighted by molar-refractivity contribution is 0.405. The summed E-state index contributed by atoms with van der Waals surface area (Å²) in [5.74, 6) is 0.610. The Morgan fingerprint density at radius 2 is 2.00 bits per heavy atom. The molecule has 6 N–H and O–H groups in total. The minimum absolute atomic E-state index is 0.00366. The summed E-state index contributed by atoms with van der Waals surface area (Å²) < 4.78 is 5.22. The van der Waals surface area contributed by atoms with Crippen LogP contribution in [0.4, 0.5) is 5.69 Å². The molecule has 0 saturated heterocycles. The third kappa shape index (κ3) is 3.87. The van der Waals surface area contributed by atoms with Gasteiger partial charge in [0, 0.05) is 11.0 Å². The van der Waals surface area contributed by atoms with Crippen LogP contribution >= 0.6 is 11.8 Å². The van der Waals surface area contributed by atoms with Crippen LogP contribution in [0.3, 0.4) is 0 Å². The third-order valence-electron chi connectivity index (χ3n) is 1.85. The van der Waals surface area contributed by atoms with Gasteiger partial charge in [-0.1, -0.05) is 0 Å². The standard InChI is InChI=1S/C10H15N5OS/c1-16-7-5-6(3-4-8(7)17-2)14-10(13)15-9(11)12/h3-5H,1-2H3,(H6,11,12,13,14,15). The van der Waals surface area contributed by atoms with Crippen LogP contribution in [0, 0.1) is 0 Å². The second kappa shape index (κ2) is 6.00. The Kier molecular flexibility index (Phi) is 4.65. The molecule has 0 radical (unpaired) electrons. The molecular formula is C10H15N5OS. The number of aliphatic imine (C=N–C) groups is 2. The molecule has 1 rings (SSSR count). The van der Waals surface area contributed by atoms with Crippen LogP contribution in [0.2, 0.25) is 0 Å². The third-order valence-corrected chi connectivity index (χ3v) is 2.63. The van der Waals surface area contributed by atoms with Gasteiger partial charge in [0.05, 0.1) is 12.8 Å². The highest BCUT2D eigenvalue weighted by Gasteiger charge is 2.03. The second-order valence-corrected chi connectivity index (χ2v) is 3.89. The Balaban J connectivity index is 3.04. The predicted octanol–water partition coefficient (Wildman–Crippen LogP) is 0.637. The van der Waals surface area contributed by atoms with Crippen molar-refractivity contribution in [2.45, 2.75) is 4.90 Å². The monoisotopic (exact) mass is 253 g/mol. The Bertz CT molecular complexity index is 454. The molecule has 6 nitrogen and oxygen atoms in total. The minimum Gasteiger partial charge on any atom is -0.496 e. The van der Waals surface area contributed by atoms with E-state index < -0.39 is 0 Å². The molecule has 1 aromatic carbocycles. The maximum Gasteiger partial charge on any atom is 0.223 e. The van der Waals surface area contributed by atoms with E-state index in [0.29, 0.717) is 5.69 Å². The van der Waals surface area contributed by atoms with Gasteiger partial charge in [0.1, 0.15) is 5.75 Å². The quantitative estimate of drug-likeness (QED) is 0.415. The van der Waals surface area contributed by atoms with Gasteiger partial charge in [-0.25, -0.2) is 4.99 Å². The van der Waals surface area contributed by atoms with Crippen molar-refractivity contribution in [2.75, 3.05) is 13.4 Å². The van der Waals surface area contributed by atoms with Gasteiger partial charge < -0.3 is 21.9 Å². The molecule has 0 amide bonds. The molecule has 0 aliphatic rings. The molecule has 92 valence electrons. The van der Waals surface area contributed by atoms with Gasteiger partial charge in [-0.3, -0.25) is 0 Å². The number of hydrogen-bond donors (Lipinski definition) is 3. The molecule has 7 heteroatoms. The first-order valence-electron chi connectivity index (χ1n) is 4.72. The molecule has 0 heterocycles. The van der Waals surface area contributed by atoms with E-state index in [2.05, 4.69) is 9.98 Å². The van der Waals surface area contributed by atoms with Crippen LogP contribution in [-0.2, 0) is 0 Å². The van der Waals surface area contributed by atoms with Crippen LogP contribution in [0.5, 0.6) is 5.75 Å². The first kappa shape index (κ1) is 13.2. The van der Waals surface area contributed by atoms with Crippen molar-refractivity contribution in [3.63, 3.8) is 0 Å². The molecule has 0 spiro atoms. The zero-order valence-corrected chi connectivity index (χ0v) is 10.5. The maximum absolute atomic E-state index is 5.53. The zero-order chi connectivity index (χ0) is 12.8. The number of guanidine groups is 2. The molecular weight excluding hydrogens is 238 g/mol. The van der Waals surface area contributed by atoms with Crippen LogP contribution in [0.1, 0.15) is 0 Å². The van der Waals surface area contributed by atoms with E-state index in [1.165, 1.54) is 0 Å². The molecule has 0 aromatic heterocycles. The Labute approximate surface area is 104 Å². The number of hydrogen-bond acceptors (Lipinski definition) is 3. The van der Waals surface area contributed by atoms with Crippen molar-refractivity contribution in [2.24, 2.45) is 27.2 Å². The second-order valence-electron chi connectivity index (χ2n) is 3.05. The van der Waals surface area contributed by atoms with Gasteiger partial charge in [-0.2, -0.15) is 4.99 Å². The first-order chi connectivity index (χ1) is 8.06. The van der Waals surface area contributed by atoms with Crippen molar-refractivity contribution in [3.05, 3.63) is 18.2 Å². The highest BCUT2D eigenvalue weighted by Crippen LogP contribution is 2.31. The fraction of sp³-hybridized carbons (Fsp3) is 0.200. The van der Waals surface area contributed by atoms with Gasteiger partial charge in [-0.15, -0.1) is 11.8 Å². The molecule has 0 aliphatic carbocycles. The molecule has 1 aromatic rings. The Morgan fingerprint density at radius 3 is 2.53 bits per heavy atom. The fourth-order valence-electron chi connectivity index (χ4n) is 1.18. The summed E-state index contributed by atoms with van der Waals surface area (Å²) >= 11 is 1.59. The first-order valence-corrected chi connectivity index (χ1v) is 5.95. The maximum atomic E-state index is 5.53. The van der Waals surface area contributed by atoms with Crippen LogP contribution in [-0.4, -0.2) is 25.3 Å². The number of thioether (sulfide) groups is 1. The number of benzene rings is 1. The number of methoxy groups -OCH3 is 1. The molecule has 0 unspecified atom stereocenters. The normalized spacial score (nSPS) is 11.1. The average Bonchev–Trinajstić information content (AvgIpc) is 2.27. The lowest BCUT2D eigenvalue weighted by atomic mass is 10.3. The van der Waals surface area contributed by atoms with Gasteiger partial charge in [0.2, 0.25) is 5.96 Å². The highest BCUT2D eigenvalue weighted by atomic mass is 32.2. The largest absolute Gasteiger partial charge is 0.496 e. The number of ether oxygens (including phenoxy) is 1. The fourth-order valence-corrected chi connectivity index (χ4v) is 1.73. The van der Waals surface area contributed by atoms with Crippen LogP contribution < -0.4 is 21.9 Å². The summed E-state index contributed by atoms with van der Waals surface area (Å²) in [5, 5.41) is 0. The zero-order valence-electron chi connectivity index (χ0n) is 9.68.